The van der Waals surface area contributed by atoms with Crippen LogP contribution in [-0.4, -0.2) is 22.5 Å². The van der Waals surface area contributed by atoms with Crippen LogP contribution in [0.25, 0.3) is 16.1 Å². The Morgan fingerprint density at radius 2 is 2.08 bits per heavy atom. The van der Waals surface area contributed by atoms with Gasteiger partial charge in [0.2, 0.25) is 0 Å². The SMILES string of the molecule is N=C1C(c2nc(-c3cccs3)cs2)=C(O)CN1c1cccc(F)c1. The van der Waals surface area contributed by atoms with E-state index in [1.807, 2.05) is 22.9 Å². The fraction of sp³-hybridized carbons (Fsp3) is 0.0588. The maximum atomic E-state index is 13.4. The highest BCUT2D eigenvalue weighted by Gasteiger charge is 2.31. The minimum Gasteiger partial charge on any atom is -0.510 e. The molecule has 4 rings (SSSR count). The van der Waals surface area contributed by atoms with Gasteiger partial charge in [0.15, 0.2) is 0 Å². The average Bonchev–Trinajstić information content (AvgIpc) is 3.27. The van der Waals surface area contributed by atoms with Gasteiger partial charge in [0.1, 0.15) is 22.4 Å². The van der Waals surface area contributed by atoms with Crippen molar-refractivity contribution in [2.45, 2.75) is 0 Å². The van der Waals surface area contributed by atoms with Crippen molar-refractivity contribution in [2.75, 3.05) is 11.4 Å². The largest absolute Gasteiger partial charge is 0.510 e. The Morgan fingerprint density at radius 1 is 1.21 bits per heavy atom. The lowest BCUT2D eigenvalue weighted by Crippen LogP contribution is -2.26. The number of aliphatic hydroxyl groups excluding tert-OH is 1. The van der Waals surface area contributed by atoms with Crippen molar-refractivity contribution in [1.29, 1.82) is 5.41 Å². The number of nitrogens with one attached hydrogen (secondary N) is 1. The van der Waals surface area contributed by atoms with E-state index in [9.17, 15) is 9.50 Å². The summed E-state index contributed by atoms with van der Waals surface area (Å²) in [5.41, 5.74) is 1.78. The third-order valence-electron chi connectivity index (χ3n) is 3.71. The Labute approximate surface area is 145 Å². The van der Waals surface area contributed by atoms with Crippen molar-refractivity contribution in [1.82, 2.24) is 4.98 Å². The Bertz CT molecular complexity index is 946. The highest BCUT2D eigenvalue weighted by molar-refractivity contribution is 7.14. The van der Waals surface area contributed by atoms with Gasteiger partial charge in [-0.15, -0.1) is 22.7 Å². The van der Waals surface area contributed by atoms with Crippen LogP contribution in [0.1, 0.15) is 5.01 Å². The Kier molecular flexibility index (Phi) is 3.66. The van der Waals surface area contributed by atoms with Gasteiger partial charge in [0.05, 0.1) is 22.7 Å². The summed E-state index contributed by atoms with van der Waals surface area (Å²) in [5.74, 6) is -0.163. The molecule has 3 aromatic rings. The summed E-state index contributed by atoms with van der Waals surface area (Å²) in [5, 5.41) is 23.2. The molecule has 1 aliphatic rings. The number of hydrogen-bond acceptors (Lipinski definition) is 5. The number of amidine groups is 1. The van der Waals surface area contributed by atoms with E-state index in [2.05, 4.69) is 4.98 Å². The molecule has 2 N–H and O–H groups in total. The fourth-order valence-electron chi connectivity index (χ4n) is 2.59. The Hall–Kier alpha value is -2.51. The van der Waals surface area contributed by atoms with Crippen LogP contribution in [0.5, 0.6) is 0 Å². The van der Waals surface area contributed by atoms with Crippen molar-refractivity contribution in [2.24, 2.45) is 0 Å². The van der Waals surface area contributed by atoms with E-state index in [1.165, 1.54) is 23.5 Å². The van der Waals surface area contributed by atoms with Gasteiger partial charge in [-0.1, -0.05) is 12.1 Å². The number of halogens is 1. The van der Waals surface area contributed by atoms with Crippen LogP contribution in [0.4, 0.5) is 10.1 Å². The van der Waals surface area contributed by atoms with E-state index >= 15 is 0 Å². The maximum absolute atomic E-state index is 13.4. The highest BCUT2D eigenvalue weighted by Crippen LogP contribution is 2.35. The van der Waals surface area contributed by atoms with Crippen LogP contribution in [0.3, 0.4) is 0 Å². The lowest BCUT2D eigenvalue weighted by molar-refractivity contribution is 0.411. The van der Waals surface area contributed by atoms with Crippen LogP contribution in [0.15, 0.2) is 52.9 Å². The van der Waals surface area contributed by atoms with Crippen LogP contribution in [0.2, 0.25) is 0 Å². The molecule has 0 fully saturated rings. The molecule has 0 unspecified atom stereocenters. The molecule has 7 heteroatoms. The van der Waals surface area contributed by atoms with Gasteiger partial charge in [-0.2, -0.15) is 0 Å². The average molecular weight is 357 g/mol. The first-order valence-corrected chi connectivity index (χ1v) is 8.93. The number of anilines is 1. The number of hydrogen-bond donors (Lipinski definition) is 2. The third kappa shape index (κ3) is 2.51. The van der Waals surface area contributed by atoms with Gasteiger partial charge in [-0.25, -0.2) is 9.37 Å². The number of thiazole rings is 1. The molecule has 4 nitrogen and oxygen atoms in total. The van der Waals surface area contributed by atoms with Crippen molar-refractivity contribution in [3.63, 3.8) is 0 Å². The van der Waals surface area contributed by atoms with E-state index in [-0.39, 0.29) is 24.0 Å². The highest BCUT2D eigenvalue weighted by atomic mass is 32.1. The molecule has 0 bridgehead atoms. The summed E-state index contributed by atoms with van der Waals surface area (Å²) in [6, 6.07) is 9.95. The smallest absolute Gasteiger partial charge is 0.139 e. The molecule has 1 aromatic carbocycles. The molecule has 1 aliphatic heterocycles. The maximum Gasteiger partial charge on any atom is 0.139 e. The monoisotopic (exact) mass is 357 g/mol. The molecule has 24 heavy (non-hydrogen) atoms. The lowest BCUT2D eigenvalue weighted by Gasteiger charge is -2.18. The van der Waals surface area contributed by atoms with Crippen LogP contribution < -0.4 is 4.90 Å². The van der Waals surface area contributed by atoms with Gasteiger partial charge in [0.25, 0.3) is 0 Å². The topological polar surface area (TPSA) is 60.2 Å². The summed E-state index contributed by atoms with van der Waals surface area (Å²) in [7, 11) is 0. The van der Waals surface area contributed by atoms with Gasteiger partial charge in [0, 0.05) is 11.1 Å². The molecule has 2 aromatic heterocycles. The molecular formula is C17H12FN3OS2. The number of benzene rings is 1. The van der Waals surface area contributed by atoms with Crippen molar-refractivity contribution < 1.29 is 9.50 Å². The van der Waals surface area contributed by atoms with E-state index in [1.54, 1.807) is 28.4 Å². The first-order valence-electron chi connectivity index (χ1n) is 7.17. The van der Waals surface area contributed by atoms with Crippen LogP contribution >= 0.6 is 22.7 Å². The second-order valence-electron chi connectivity index (χ2n) is 5.25. The number of aromatic nitrogens is 1. The number of rotatable bonds is 3. The second-order valence-corrected chi connectivity index (χ2v) is 7.06. The number of thiophene rings is 1. The van der Waals surface area contributed by atoms with Crippen molar-refractivity contribution in [3.05, 3.63) is 63.7 Å². The minimum absolute atomic E-state index is 0.0799. The molecule has 0 aliphatic carbocycles. The van der Waals surface area contributed by atoms with Crippen molar-refractivity contribution in [3.8, 4) is 10.6 Å². The van der Waals surface area contributed by atoms with Crippen LogP contribution in [-0.2, 0) is 0 Å². The number of aliphatic hydroxyl groups is 1. The molecule has 0 spiro atoms. The van der Waals surface area contributed by atoms with Crippen molar-refractivity contribution >= 4 is 39.8 Å². The van der Waals surface area contributed by atoms with E-state index in [0.717, 1.165) is 10.6 Å². The summed E-state index contributed by atoms with van der Waals surface area (Å²) in [6.07, 6.45) is 0. The lowest BCUT2D eigenvalue weighted by atomic mass is 10.2. The zero-order chi connectivity index (χ0) is 16.7. The third-order valence-corrected chi connectivity index (χ3v) is 5.47. The van der Waals surface area contributed by atoms with Crippen LogP contribution in [0, 0.1) is 11.2 Å². The molecule has 0 radical (unpaired) electrons. The quantitative estimate of drug-likeness (QED) is 0.709. The normalized spacial score (nSPS) is 14.7. The van der Waals surface area contributed by atoms with Gasteiger partial charge < -0.3 is 10.0 Å². The summed E-state index contributed by atoms with van der Waals surface area (Å²) in [6.45, 7) is 0.144. The van der Waals surface area contributed by atoms with E-state index in [4.69, 9.17) is 5.41 Å². The summed E-state index contributed by atoms with van der Waals surface area (Å²) in [4.78, 5) is 7.17. The van der Waals surface area contributed by atoms with E-state index in [0.29, 0.717) is 16.3 Å². The molecular weight excluding hydrogens is 345 g/mol. The molecule has 0 saturated carbocycles. The predicted molar refractivity (Wildman–Crippen MR) is 96.4 cm³/mol. The molecule has 0 saturated heterocycles. The number of nitrogens with zero attached hydrogens (tertiary/aromatic N) is 2. The second kappa shape index (κ2) is 5.85. The van der Waals surface area contributed by atoms with E-state index < -0.39 is 0 Å². The first-order chi connectivity index (χ1) is 11.6. The zero-order valence-electron chi connectivity index (χ0n) is 12.4. The Balaban J connectivity index is 1.67. The van der Waals surface area contributed by atoms with Gasteiger partial charge in [-0.3, -0.25) is 5.41 Å². The summed E-state index contributed by atoms with van der Waals surface area (Å²) < 4.78 is 13.4. The molecule has 0 atom stereocenters. The zero-order valence-corrected chi connectivity index (χ0v) is 14.0. The Morgan fingerprint density at radius 3 is 2.83 bits per heavy atom. The predicted octanol–water partition coefficient (Wildman–Crippen LogP) is 4.78. The van der Waals surface area contributed by atoms with Gasteiger partial charge >= 0.3 is 0 Å². The standard InChI is InChI=1S/C17H12FN3OS2/c18-10-3-1-4-11(7-10)21-8-13(22)15(16(21)19)17-20-12(9-24-17)14-5-2-6-23-14/h1-7,9,19,22H,8H2. The summed E-state index contributed by atoms with van der Waals surface area (Å²) >= 11 is 2.98. The molecule has 0 amide bonds. The molecule has 3 heterocycles. The first kappa shape index (κ1) is 15.0. The fourth-order valence-corrected chi connectivity index (χ4v) is 4.24. The molecule has 120 valence electrons. The van der Waals surface area contributed by atoms with Gasteiger partial charge in [-0.05, 0) is 29.6 Å². The minimum atomic E-state index is -0.373.